The van der Waals surface area contributed by atoms with E-state index in [4.69, 9.17) is 9.73 Å². The molecule has 6 heteroatoms. The van der Waals surface area contributed by atoms with Gasteiger partial charge in [0.1, 0.15) is 5.82 Å². The molecule has 1 saturated heterocycles. The number of piperidine rings is 1. The van der Waals surface area contributed by atoms with Crippen molar-refractivity contribution in [2.75, 3.05) is 31.1 Å². The van der Waals surface area contributed by atoms with Crippen LogP contribution in [0.1, 0.15) is 52.4 Å². The summed E-state index contributed by atoms with van der Waals surface area (Å²) in [5, 5.41) is 7.47. The van der Waals surface area contributed by atoms with Crippen molar-refractivity contribution in [3.05, 3.63) is 24.4 Å². The second-order valence-corrected chi connectivity index (χ2v) is 8.38. The fourth-order valence-corrected chi connectivity index (χ4v) is 5.08. The summed E-state index contributed by atoms with van der Waals surface area (Å²) in [6.45, 7) is 7.91. The van der Waals surface area contributed by atoms with Crippen LogP contribution in [0, 0.1) is 5.41 Å². The van der Waals surface area contributed by atoms with E-state index < -0.39 is 0 Å². The van der Waals surface area contributed by atoms with Gasteiger partial charge in [-0.2, -0.15) is 0 Å². The fraction of sp³-hybridized carbons (Fsp3) is 0.727. The largest absolute Gasteiger partial charge is 0.378 e. The molecule has 1 aromatic heterocycles. The smallest absolute Gasteiger partial charge is 0.191 e. The van der Waals surface area contributed by atoms with Gasteiger partial charge >= 0.3 is 0 Å². The predicted octanol–water partition coefficient (Wildman–Crippen LogP) is 2.95. The molecule has 0 amide bonds. The summed E-state index contributed by atoms with van der Waals surface area (Å²) in [6, 6.07) is 7.11. The Morgan fingerprint density at radius 3 is 2.68 bits per heavy atom. The number of guanidine groups is 1. The predicted molar refractivity (Wildman–Crippen MR) is 114 cm³/mol. The first-order chi connectivity index (χ1) is 13.7. The van der Waals surface area contributed by atoms with Crippen LogP contribution in [0.3, 0.4) is 0 Å². The van der Waals surface area contributed by atoms with Crippen LogP contribution < -0.4 is 15.5 Å². The maximum atomic E-state index is 6.00. The van der Waals surface area contributed by atoms with Crippen molar-refractivity contribution < 1.29 is 4.74 Å². The zero-order chi connectivity index (χ0) is 19.4. The first kappa shape index (κ1) is 19.5. The van der Waals surface area contributed by atoms with Crippen molar-refractivity contribution >= 4 is 11.8 Å². The lowest BCUT2D eigenvalue weighted by Crippen LogP contribution is -2.69. The molecular formula is C22H35N5O. The molecule has 28 heavy (non-hydrogen) atoms. The molecule has 2 saturated carbocycles. The molecule has 2 unspecified atom stereocenters. The van der Waals surface area contributed by atoms with Crippen LogP contribution in [-0.2, 0) is 4.74 Å². The Bertz CT molecular complexity index is 652. The number of rotatable bonds is 6. The highest BCUT2D eigenvalue weighted by Crippen LogP contribution is 2.57. The van der Waals surface area contributed by atoms with Crippen molar-refractivity contribution in [1.82, 2.24) is 15.6 Å². The van der Waals surface area contributed by atoms with Gasteiger partial charge in [0.05, 0.1) is 6.10 Å². The molecule has 2 heterocycles. The van der Waals surface area contributed by atoms with E-state index in [1.54, 1.807) is 0 Å². The second-order valence-electron chi connectivity index (χ2n) is 8.38. The lowest BCUT2D eigenvalue weighted by Gasteiger charge is -2.61. The Kier molecular flexibility index (Phi) is 6.04. The minimum Gasteiger partial charge on any atom is -0.378 e. The maximum absolute atomic E-state index is 6.00. The van der Waals surface area contributed by atoms with E-state index in [1.165, 1.54) is 19.3 Å². The Labute approximate surface area is 169 Å². The first-order valence-electron chi connectivity index (χ1n) is 11.1. The number of aliphatic imine (C=N–C) groups is 1. The van der Waals surface area contributed by atoms with Crippen molar-refractivity contribution in [1.29, 1.82) is 0 Å². The van der Waals surface area contributed by atoms with Crippen molar-refractivity contribution in [3.63, 3.8) is 0 Å². The van der Waals surface area contributed by atoms with Crippen LogP contribution in [0.25, 0.3) is 0 Å². The maximum Gasteiger partial charge on any atom is 0.191 e. The Balaban J connectivity index is 1.30. The number of nitrogens with one attached hydrogen (secondary N) is 2. The fourth-order valence-electron chi connectivity index (χ4n) is 5.08. The highest BCUT2D eigenvalue weighted by Gasteiger charge is 2.59. The minimum atomic E-state index is 0.356. The van der Waals surface area contributed by atoms with Gasteiger partial charge in [0, 0.05) is 49.9 Å². The normalized spacial score (nSPS) is 27.2. The van der Waals surface area contributed by atoms with Gasteiger partial charge in [-0.05, 0) is 58.1 Å². The number of hydrogen-bond donors (Lipinski definition) is 2. The van der Waals surface area contributed by atoms with Crippen LogP contribution in [0.4, 0.5) is 5.82 Å². The molecule has 0 radical (unpaired) electrons. The molecule has 2 N–H and O–H groups in total. The molecular weight excluding hydrogens is 350 g/mol. The topological polar surface area (TPSA) is 61.8 Å². The highest BCUT2D eigenvalue weighted by molar-refractivity contribution is 5.80. The molecule has 3 aliphatic rings. The molecule has 154 valence electrons. The molecule has 1 spiro atoms. The van der Waals surface area contributed by atoms with Gasteiger partial charge in [0.15, 0.2) is 5.96 Å². The van der Waals surface area contributed by atoms with Crippen LogP contribution in [0.2, 0.25) is 0 Å². The average Bonchev–Trinajstić information content (AvgIpc) is 2.67. The van der Waals surface area contributed by atoms with Gasteiger partial charge in [-0.1, -0.05) is 12.5 Å². The van der Waals surface area contributed by atoms with Gasteiger partial charge in [0.25, 0.3) is 0 Å². The average molecular weight is 386 g/mol. The Hall–Kier alpha value is -1.82. The van der Waals surface area contributed by atoms with E-state index >= 15 is 0 Å². The number of hydrogen-bond acceptors (Lipinski definition) is 4. The number of nitrogens with zero attached hydrogens (tertiary/aromatic N) is 3. The Morgan fingerprint density at radius 1 is 1.25 bits per heavy atom. The Morgan fingerprint density at radius 2 is 2.07 bits per heavy atom. The van der Waals surface area contributed by atoms with Gasteiger partial charge in [0.2, 0.25) is 0 Å². The SMILES string of the molecule is CCN=C(NC1CCN(c2ccccn2)CC1)NC1CC(OCC)C12CCC2. The summed E-state index contributed by atoms with van der Waals surface area (Å²) in [5.41, 5.74) is 0.356. The summed E-state index contributed by atoms with van der Waals surface area (Å²) in [7, 11) is 0. The van der Waals surface area contributed by atoms with Gasteiger partial charge < -0.3 is 20.3 Å². The van der Waals surface area contributed by atoms with Crippen LogP contribution >= 0.6 is 0 Å². The minimum absolute atomic E-state index is 0.356. The van der Waals surface area contributed by atoms with Gasteiger partial charge in [-0.15, -0.1) is 0 Å². The molecule has 6 nitrogen and oxygen atoms in total. The second kappa shape index (κ2) is 8.68. The third-order valence-corrected chi connectivity index (χ3v) is 6.87. The summed E-state index contributed by atoms with van der Waals surface area (Å²) in [4.78, 5) is 11.6. The molecule has 0 aromatic carbocycles. The third kappa shape index (κ3) is 3.84. The summed E-state index contributed by atoms with van der Waals surface area (Å²) >= 11 is 0. The number of anilines is 1. The number of aromatic nitrogens is 1. The van der Waals surface area contributed by atoms with E-state index in [1.807, 2.05) is 12.3 Å². The summed E-state index contributed by atoms with van der Waals surface area (Å²) < 4.78 is 6.00. The van der Waals surface area contributed by atoms with E-state index in [2.05, 4.69) is 46.5 Å². The van der Waals surface area contributed by atoms with Crippen LogP contribution in [-0.4, -0.2) is 55.4 Å². The molecule has 4 rings (SSSR count). The molecule has 1 aromatic rings. The monoisotopic (exact) mass is 385 g/mol. The van der Waals surface area contributed by atoms with Crippen molar-refractivity contribution in [2.24, 2.45) is 10.4 Å². The van der Waals surface area contributed by atoms with Crippen LogP contribution in [0.5, 0.6) is 0 Å². The van der Waals surface area contributed by atoms with Crippen molar-refractivity contribution in [3.8, 4) is 0 Å². The molecule has 2 atom stereocenters. The molecule has 0 bridgehead atoms. The number of pyridine rings is 1. The van der Waals surface area contributed by atoms with E-state index in [0.717, 1.165) is 57.3 Å². The summed E-state index contributed by atoms with van der Waals surface area (Å²) in [6.07, 6.45) is 9.55. The zero-order valence-electron chi connectivity index (χ0n) is 17.4. The lowest BCUT2D eigenvalue weighted by atomic mass is 9.51. The van der Waals surface area contributed by atoms with E-state index in [-0.39, 0.29) is 0 Å². The van der Waals surface area contributed by atoms with Crippen LogP contribution in [0.15, 0.2) is 29.4 Å². The lowest BCUT2D eigenvalue weighted by molar-refractivity contribution is -0.168. The quantitative estimate of drug-likeness (QED) is 0.582. The third-order valence-electron chi connectivity index (χ3n) is 6.87. The van der Waals surface area contributed by atoms with E-state index in [0.29, 0.717) is 23.6 Å². The van der Waals surface area contributed by atoms with Crippen molar-refractivity contribution in [2.45, 2.75) is 70.6 Å². The number of ether oxygens (including phenoxy) is 1. The zero-order valence-corrected chi connectivity index (χ0v) is 17.4. The standard InChI is InChI=1S/C22H35N5O/c1-3-23-21(26-18-16-19(28-4-2)22(18)11-7-12-22)25-17-9-14-27(15-10-17)20-8-5-6-13-24-20/h5-6,8,13,17-19H,3-4,7,9-12,14-16H2,1-2H3,(H2,23,25,26). The first-order valence-corrected chi connectivity index (χ1v) is 11.1. The highest BCUT2D eigenvalue weighted by atomic mass is 16.5. The molecule has 3 fully saturated rings. The summed E-state index contributed by atoms with van der Waals surface area (Å²) in [5.74, 6) is 2.08. The van der Waals surface area contributed by atoms with Gasteiger partial charge in [-0.3, -0.25) is 4.99 Å². The van der Waals surface area contributed by atoms with Gasteiger partial charge in [-0.25, -0.2) is 4.98 Å². The molecule has 1 aliphatic heterocycles. The van der Waals surface area contributed by atoms with E-state index in [9.17, 15) is 0 Å². The molecule has 2 aliphatic carbocycles.